The van der Waals surface area contributed by atoms with Gasteiger partial charge in [0.15, 0.2) is 23.8 Å². The summed E-state index contributed by atoms with van der Waals surface area (Å²) < 4.78 is 0. The molecule has 5 rings (SSSR count). The summed E-state index contributed by atoms with van der Waals surface area (Å²) in [6.07, 6.45) is -1.49. The number of amides is 19. The van der Waals surface area contributed by atoms with Gasteiger partial charge in [0.1, 0.15) is 90.0 Å². The van der Waals surface area contributed by atoms with Crippen molar-refractivity contribution in [2.24, 2.45) is 51.6 Å². The number of carboxylic acid groups (broad SMARTS) is 1. The van der Waals surface area contributed by atoms with Gasteiger partial charge < -0.3 is 173 Å². The number of nitrogens with zero attached hydrogens (tertiary/aromatic N) is 1. The second kappa shape index (κ2) is 64.4. The van der Waals surface area contributed by atoms with Crippen LogP contribution in [0.4, 0.5) is 14.4 Å². The molecule has 0 bridgehead atoms. The van der Waals surface area contributed by atoms with E-state index in [2.05, 4.69) is 126 Å². The second-order valence-electron chi connectivity index (χ2n) is 34.4. The summed E-state index contributed by atoms with van der Waals surface area (Å²) in [6.45, 7) is -0.203. The highest BCUT2D eigenvalue weighted by molar-refractivity contribution is 7.80. The van der Waals surface area contributed by atoms with Crippen LogP contribution in [-0.4, -0.2) is 300 Å². The van der Waals surface area contributed by atoms with E-state index in [1.807, 2.05) is 18.2 Å². The molecule has 0 spiro atoms. The van der Waals surface area contributed by atoms with Gasteiger partial charge in [-0.3, -0.25) is 84.0 Å². The summed E-state index contributed by atoms with van der Waals surface area (Å²) in [6, 6.07) is -0.623. The minimum absolute atomic E-state index is 0.00901. The molecule has 0 aliphatic carbocycles. The van der Waals surface area contributed by atoms with Crippen LogP contribution in [0.15, 0.2) is 91.0 Å². The predicted molar refractivity (Wildman–Crippen MR) is 542 cm³/mol. The summed E-state index contributed by atoms with van der Waals surface area (Å²) >= 11 is 8.67. The zero-order valence-electron chi connectivity index (χ0n) is 80.4. The predicted octanol–water partition coefficient (Wildman–Crippen LogP) is -7.11. The molecule has 1 saturated heterocycles. The summed E-state index contributed by atoms with van der Waals surface area (Å²) in [7, 11) is 0. The van der Waals surface area contributed by atoms with Gasteiger partial charge in [-0.25, -0.2) is 19.2 Å². The Morgan fingerprint density at radius 1 is 0.338 bits per heavy atom. The van der Waals surface area contributed by atoms with Crippen LogP contribution in [0.2, 0.25) is 0 Å². The third-order valence-corrected chi connectivity index (χ3v) is 23.7. The average Bonchev–Trinajstić information content (AvgIpc) is 1.68. The third kappa shape index (κ3) is 45.8. The van der Waals surface area contributed by atoms with Crippen LogP contribution in [0.1, 0.15) is 139 Å². The summed E-state index contributed by atoms with van der Waals surface area (Å²) in [4.78, 5) is 241. The van der Waals surface area contributed by atoms with Crippen LogP contribution in [0.25, 0.3) is 10.8 Å². The van der Waals surface area contributed by atoms with Crippen molar-refractivity contribution in [2.45, 2.75) is 226 Å². The topological polar surface area (TPSA) is 912 Å². The van der Waals surface area contributed by atoms with Crippen molar-refractivity contribution in [1.29, 1.82) is 21.6 Å². The lowest BCUT2D eigenvalue weighted by Gasteiger charge is -2.31. The molecule has 0 unspecified atom stereocenters. The van der Waals surface area contributed by atoms with E-state index in [-0.39, 0.29) is 224 Å². The van der Waals surface area contributed by atoms with Crippen molar-refractivity contribution in [1.82, 2.24) is 106 Å². The number of rotatable bonds is 66. The molecule has 0 aromatic heterocycles. The van der Waals surface area contributed by atoms with Crippen molar-refractivity contribution in [2.75, 3.05) is 70.4 Å². The number of unbranched alkanes of at least 4 members (excludes halogenated alkanes) is 1. The van der Waals surface area contributed by atoms with Gasteiger partial charge >= 0.3 is 24.1 Å². The highest BCUT2D eigenvalue weighted by Gasteiger charge is 2.42. The Kier molecular flexibility index (Phi) is 53.4. The van der Waals surface area contributed by atoms with Crippen molar-refractivity contribution < 1.29 is 96.8 Å². The van der Waals surface area contributed by atoms with E-state index in [4.69, 9.17) is 73.2 Å². The molecule has 1 heterocycles. The highest BCUT2D eigenvalue weighted by Crippen LogP contribution is 2.24. The van der Waals surface area contributed by atoms with Crippen LogP contribution in [0.5, 0.6) is 11.5 Å². The van der Waals surface area contributed by atoms with E-state index in [0.29, 0.717) is 16.7 Å². The molecule has 1 fully saturated rings. The summed E-state index contributed by atoms with van der Waals surface area (Å²) in [5.74, 6) is -16.9. The first kappa shape index (κ1) is 120. The average molecular weight is 2070 g/mol. The van der Waals surface area contributed by atoms with E-state index < -0.39 is 209 Å². The molecule has 1 aliphatic rings. The molecule has 44 N–H and O–H groups in total. The lowest BCUT2D eigenvalue weighted by Crippen LogP contribution is -2.61. The minimum atomic E-state index is -1.67. The molecule has 0 saturated carbocycles. The number of nitrogens with two attached hydrogens (primary N) is 9. The number of hydrogen-bond donors (Lipinski definition) is 37. The number of phenolic OH excluding ortho intramolecular Hbond substituents is 2. The number of aromatic hydroxyl groups is 2. The fraction of sp³-hybridized carbons (Fsp3) is 0.522. The van der Waals surface area contributed by atoms with Gasteiger partial charge in [0.05, 0.1) is 6.04 Å². The number of carbonyl (C=O) groups is 17. The Morgan fingerprint density at radius 2 is 0.628 bits per heavy atom. The second-order valence-corrected chi connectivity index (χ2v) is 35.1. The molecule has 0 radical (unpaired) electrons. The maximum atomic E-state index is 15.4. The Labute approximate surface area is 847 Å². The van der Waals surface area contributed by atoms with Crippen LogP contribution in [-0.2, 0) is 86.4 Å². The van der Waals surface area contributed by atoms with Crippen molar-refractivity contribution in [3.8, 4) is 11.5 Å². The SMILES string of the molecule is N=C(N)NCCC[C@H](NC(=O)[C@H](CS)NC(=O)[C@H](CCCNC(N)=O)NC(=O)[C@H](CCCNC(=N)N)NC(=O)[C@H](Cc1ccc(O)cc1)NC(=O)[C@@H]1CCCN1C(=O)[C@@H](CCCNC(N)=O)NC(=O)[C@H](CCCCN)NC(=O)[C@H](CCCNC(=N)N)NC(=O)[C@H](Cc1ccc(O)cc1)NC(=O)[C@H](CS)NC(=O)[C@H](Cc1ccc2ccccc2c1)NC(=O)[C@H](CCCNC(=N)N)NC(=O)[C@@H](N)CCCNC(N)=O)C(=O)O. The number of urea groups is 3. The Bertz CT molecular complexity index is 5050. The van der Waals surface area contributed by atoms with Crippen molar-refractivity contribution in [3.63, 3.8) is 0 Å². The van der Waals surface area contributed by atoms with Gasteiger partial charge in [-0.15, -0.1) is 0 Å². The van der Waals surface area contributed by atoms with Gasteiger partial charge in [0, 0.05) is 83.1 Å². The molecule has 14 atom stereocenters. The fourth-order valence-electron chi connectivity index (χ4n) is 15.3. The molecule has 19 amide bonds. The highest BCUT2D eigenvalue weighted by atomic mass is 32.1. The standard InChI is InChI=1S/C90H141N33O20S2/c91-34-4-3-16-57(112-71(127)59(18-7-36-105-85(95)96)114-76(132)64(44-49-25-30-54(124)31-26-49)119-80(136)68(48-145)122-78(134)66(46-51-24-29-52-13-1-2-14-53(52)43-51)118-74(130)58(17-6-35-104-84(93)94)111-70(126)56(92)15-5-39-108-88(101)141)73(129)116-62(21-10-41-110-90(103)143)82(138)123-42-12-23-69(123)81(137)120-65(45-50-27-32-55(125)33-28-50)77(133)115-60(19-8-37-106-86(97)98)72(128)113-61(20-9-40-109-89(102)142)75(131)121-67(47-144)79(135)117-63(83(139)140)22-11-38-107-87(99)100/h1-2,13-14,24-33,43,56-69,124-125,144-145H,3-12,15-23,34-42,44-48,91-92H2,(H,111,126)(H,112,127)(H,113,128)(H,114,132)(H,115,133)(H,116,129)(H,117,135)(H,118,130)(H,119,136)(H,120,137)(H,121,131)(H,122,134)(H,139,140)(H4,93,94,104)(H4,95,96,105)(H4,97,98,106)(H4,99,100,107)(H3,101,108,141)(H3,102,109,142)(H3,103,110,143)/t56-,57-,58-,59-,60-,61-,62+,63-,64-,65-,66-,67-,68-,69-/m0/s1. The van der Waals surface area contributed by atoms with E-state index in [0.717, 1.165) is 15.7 Å². The van der Waals surface area contributed by atoms with E-state index in [1.165, 1.54) is 48.5 Å². The number of likely N-dealkylation sites (tertiary alicyclic amines) is 1. The molecular weight excluding hydrogens is 1930 g/mol. The number of nitrogens with one attached hydrogen (secondary N) is 23. The Morgan fingerprint density at radius 3 is 0.993 bits per heavy atom. The number of carboxylic acids is 1. The van der Waals surface area contributed by atoms with Gasteiger partial charge in [-0.05, 0) is 180 Å². The molecule has 1 aliphatic heterocycles. The molecule has 4 aromatic rings. The molecule has 55 heteroatoms. The largest absolute Gasteiger partial charge is 0.508 e. The smallest absolute Gasteiger partial charge is 0.326 e. The number of hydrogen-bond acceptors (Lipinski definition) is 27. The maximum Gasteiger partial charge on any atom is 0.326 e. The number of primary amides is 3. The van der Waals surface area contributed by atoms with Gasteiger partial charge in [-0.2, -0.15) is 25.3 Å². The van der Waals surface area contributed by atoms with Gasteiger partial charge in [0.25, 0.3) is 0 Å². The quantitative estimate of drug-likeness (QED) is 0.00845. The third-order valence-electron chi connectivity index (χ3n) is 22.9. The number of thiol groups is 2. The first-order valence-electron chi connectivity index (χ1n) is 47.3. The van der Waals surface area contributed by atoms with Gasteiger partial charge in [-0.1, -0.05) is 66.7 Å². The van der Waals surface area contributed by atoms with Gasteiger partial charge in [0.2, 0.25) is 76.8 Å². The fourth-order valence-corrected chi connectivity index (χ4v) is 15.8. The van der Waals surface area contributed by atoms with Crippen molar-refractivity contribution in [3.05, 3.63) is 108 Å². The number of fused-ring (bicyclic) bond motifs is 1. The van der Waals surface area contributed by atoms with E-state index in [9.17, 15) is 68.1 Å². The summed E-state index contributed by atoms with van der Waals surface area (Å²) in [5.41, 5.74) is 51.4. The van der Waals surface area contributed by atoms with Crippen LogP contribution in [0.3, 0.4) is 0 Å². The van der Waals surface area contributed by atoms with Crippen LogP contribution >= 0.6 is 25.3 Å². The normalized spacial score (nSPS) is 14.7. The lowest BCUT2D eigenvalue weighted by molar-refractivity contribution is -0.142. The first-order chi connectivity index (χ1) is 69.0. The number of carbonyl (C=O) groups excluding carboxylic acids is 16. The van der Waals surface area contributed by atoms with Crippen LogP contribution in [0, 0.1) is 21.6 Å². The number of benzene rings is 4. The molecule has 4 aromatic carbocycles. The maximum absolute atomic E-state index is 15.4. The van der Waals surface area contributed by atoms with Crippen LogP contribution < -0.4 is 153 Å². The first-order valence-corrected chi connectivity index (χ1v) is 48.6. The summed E-state index contributed by atoms with van der Waals surface area (Å²) in [5, 5.41) is 112. The number of guanidine groups is 4. The number of phenols is 2. The zero-order chi connectivity index (χ0) is 107. The molecule has 145 heavy (non-hydrogen) atoms. The zero-order valence-corrected chi connectivity index (χ0v) is 82.2. The number of aliphatic carboxylic acids is 1. The van der Waals surface area contributed by atoms with Crippen molar-refractivity contribution >= 4 is 161 Å². The van der Waals surface area contributed by atoms with E-state index in [1.54, 1.807) is 24.3 Å². The monoisotopic (exact) mass is 2070 g/mol. The minimum Gasteiger partial charge on any atom is -0.508 e. The molecule has 798 valence electrons. The molecular formula is C90H141N33O20S2. The molecule has 53 nitrogen and oxygen atoms in total. The Balaban J connectivity index is 1.49. The Hall–Kier alpha value is -15.2. The lowest BCUT2D eigenvalue weighted by atomic mass is 10.00. The van der Waals surface area contributed by atoms with E-state index >= 15 is 28.8 Å².